The van der Waals surface area contributed by atoms with E-state index in [1.807, 2.05) is 12.1 Å². The molecule has 0 bridgehead atoms. The van der Waals surface area contributed by atoms with E-state index >= 15 is 0 Å². The maximum Gasteiger partial charge on any atom is 0.333 e. The lowest BCUT2D eigenvalue weighted by molar-refractivity contribution is -0.144. The number of hydrogen-bond donors (Lipinski definition) is 0. The van der Waals surface area contributed by atoms with Crippen molar-refractivity contribution in [2.75, 3.05) is 13.2 Å². The summed E-state index contributed by atoms with van der Waals surface area (Å²) in [6.07, 6.45) is 0. The molecule has 0 N–H and O–H groups in total. The summed E-state index contributed by atoms with van der Waals surface area (Å²) in [7, 11) is 0. The molecule has 1 aliphatic rings. The van der Waals surface area contributed by atoms with E-state index in [1.54, 1.807) is 24.3 Å². The highest BCUT2D eigenvalue weighted by Gasteiger charge is 2.38. The van der Waals surface area contributed by atoms with Crippen molar-refractivity contribution in [2.45, 2.75) is 19.9 Å². The lowest BCUT2D eigenvalue weighted by Crippen LogP contribution is -2.51. The number of ether oxygens (including phenoxy) is 2. The highest BCUT2D eigenvalue weighted by Crippen LogP contribution is 2.31. The molecule has 2 amide bonds. The standard InChI is InChI=1S/C23H21NO6/c1-13(2)22(27)29-11-16(12-30-23(28)14(3)4)24-20(25)17-9-5-7-15-8-6-10-18(19(15)17)21(24)26/h5-10,16H,1,3,11-12H2,2,4H3. The van der Waals surface area contributed by atoms with Gasteiger partial charge in [0.25, 0.3) is 11.8 Å². The van der Waals surface area contributed by atoms with Crippen LogP contribution in [-0.2, 0) is 19.1 Å². The zero-order valence-electron chi connectivity index (χ0n) is 16.8. The molecule has 2 aromatic carbocycles. The zero-order chi connectivity index (χ0) is 22.0. The Kier molecular flexibility index (Phi) is 5.82. The van der Waals surface area contributed by atoms with Gasteiger partial charge in [0.1, 0.15) is 19.3 Å². The first-order chi connectivity index (χ1) is 14.2. The molecule has 0 aromatic heterocycles. The van der Waals surface area contributed by atoms with Crippen molar-refractivity contribution in [3.63, 3.8) is 0 Å². The zero-order valence-corrected chi connectivity index (χ0v) is 16.8. The van der Waals surface area contributed by atoms with Gasteiger partial charge in [-0.25, -0.2) is 9.59 Å². The summed E-state index contributed by atoms with van der Waals surface area (Å²) >= 11 is 0. The molecular weight excluding hydrogens is 386 g/mol. The minimum Gasteiger partial charge on any atom is -0.460 e. The Morgan fingerprint density at radius 3 is 1.70 bits per heavy atom. The number of hydrogen-bond acceptors (Lipinski definition) is 6. The van der Waals surface area contributed by atoms with E-state index in [0.717, 1.165) is 10.3 Å². The van der Waals surface area contributed by atoms with Gasteiger partial charge in [-0.3, -0.25) is 14.5 Å². The van der Waals surface area contributed by atoms with E-state index in [2.05, 4.69) is 13.2 Å². The molecule has 0 aliphatic carbocycles. The van der Waals surface area contributed by atoms with E-state index in [9.17, 15) is 19.2 Å². The molecule has 0 saturated heterocycles. The first-order valence-electron chi connectivity index (χ1n) is 9.27. The minimum atomic E-state index is -1.01. The highest BCUT2D eigenvalue weighted by atomic mass is 16.5. The Balaban J connectivity index is 1.97. The largest absolute Gasteiger partial charge is 0.460 e. The molecule has 7 nitrogen and oxygen atoms in total. The topological polar surface area (TPSA) is 90.0 Å². The number of rotatable bonds is 7. The van der Waals surface area contributed by atoms with Crippen molar-refractivity contribution in [2.24, 2.45) is 0 Å². The van der Waals surface area contributed by atoms with Crippen LogP contribution in [0.5, 0.6) is 0 Å². The molecule has 0 atom stereocenters. The van der Waals surface area contributed by atoms with Crippen LogP contribution in [0.2, 0.25) is 0 Å². The van der Waals surface area contributed by atoms with Gasteiger partial charge in [0, 0.05) is 27.7 Å². The number of esters is 2. The molecule has 3 rings (SSSR count). The van der Waals surface area contributed by atoms with E-state index in [1.165, 1.54) is 13.8 Å². The number of benzene rings is 2. The molecule has 0 fully saturated rings. The van der Waals surface area contributed by atoms with Crippen LogP contribution in [0.25, 0.3) is 10.8 Å². The fourth-order valence-corrected chi connectivity index (χ4v) is 3.17. The molecule has 0 unspecified atom stereocenters. The van der Waals surface area contributed by atoms with Crippen molar-refractivity contribution in [3.8, 4) is 0 Å². The number of imide groups is 1. The SMILES string of the molecule is C=C(C)C(=O)OCC(COC(=O)C(=C)C)N1C(=O)c2cccc3cccc(c23)C1=O. The minimum absolute atomic E-state index is 0.166. The average Bonchev–Trinajstić information content (AvgIpc) is 2.72. The van der Waals surface area contributed by atoms with Crippen molar-refractivity contribution < 1.29 is 28.7 Å². The van der Waals surface area contributed by atoms with Crippen molar-refractivity contribution in [3.05, 3.63) is 71.8 Å². The van der Waals surface area contributed by atoms with E-state index < -0.39 is 29.8 Å². The fraction of sp³-hybridized carbons (Fsp3) is 0.217. The van der Waals surface area contributed by atoms with Gasteiger partial charge in [0.15, 0.2) is 0 Å². The Bertz CT molecular complexity index is 1020. The summed E-state index contributed by atoms with van der Waals surface area (Å²) in [5.41, 5.74) is 1.04. The molecule has 0 spiro atoms. The first kappa shape index (κ1) is 21.0. The monoisotopic (exact) mass is 407 g/mol. The third-order valence-corrected chi connectivity index (χ3v) is 4.68. The van der Waals surface area contributed by atoms with Crippen molar-refractivity contribution in [1.82, 2.24) is 4.90 Å². The molecule has 1 aliphatic heterocycles. The van der Waals surface area contributed by atoms with Gasteiger partial charge in [0.2, 0.25) is 0 Å². The van der Waals surface area contributed by atoms with Crippen LogP contribution in [-0.4, -0.2) is 47.9 Å². The third kappa shape index (κ3) is 3.87. The summed E-state index contributed by atoms with van der Waals surface area (Å²) < 4.78 is 10.3. The fourth-order valence-electron chi connectivity index (χ4n) is 3.17. The Labute approximate surface area is 173 Å². The van der Waals surface area contributed by atoms with Crippen LogP contribution < -0.4 is 0 Å². The maximum absolute atomic E-state index is 13.2. The predicted molar refractivity (Wildman–Crippen MR) is 110 cm³/mol. The molecule has 1 heterocycles. The summed E-state index contributed by atoms with van der Waals surface area (Å²) in [5, 5.41) is 1.34. The molecule has 30 heavy (non-hydrogen) atoms. The lowest BCUT2D eigenvalue weighted by atomic mass is 9.93. The molecule has 0 radical (unpaired) electrons. The Hall–Kier alpha value is -3.74. The van der Waals surface area contributed by atoms with Crippen LogP contribution in [0.3, 0.4) is 0 Å². The number of amides is 2. The summed E-state index contributed by atoms with van der Waals surface area (Å²) in [6.45, 7) is 9.29. The summed E-state index contributed by atoms with van der Waals surface area (Å²) in [5.74, 6) is -2.45. The second kappa shape index (κ2) is 8.32. The normalized spacial score (nSPS) is 12.8. The first-order valence-corrected chi connectivity index (χ1v) is 9.27. The second-order valence-corrected chi connectivity index (χ2v) is 7.10. The lowest BCUT2D eigenvalue weighted by Gasteiger charge is -2.33. The van der Waals surface area contributed by atoms with E-state index in [-0.39, 0.29) is 24.4 Å². The van der Waals surface area contributed by atoms with Gasteiger partial charge >= 0.3 is 11.9 Å². The van der Waals surface area contributed by atoms with Crippen LogP contribution in [0, 0.1) is 0 Å². The summed E-state index contributed by atoms with van der Waals surface area (Å²) in [4.78, 5) is 51.1. The quantitative estimate of drug-likeness (QED) is 0.398. The molecule has 0 saturated carbocycles. The molecule has 154 valence electrons. The third-order valence-electron chi connectivity index (χ3n) is 4.68. The molecule has 7 heteroatoms. The number of carbonyl (C=O) groups excluding carboxylic acids is 4. The van der Waals surface area contributed by atoms with Crippen LogP contribution in [0.15, 0.2) is 60.7 Å². The maximum atomic E-state index is 13.2. The van der Waals surface area contributed by atoms with E-state index in [0.29, 0.717) is 16.5 Å². The number of carbonyl (C=O) groups is 4. The average molecular weight is 407 g/mol. The van der Waals surface area contributed by atoms with Crippen molar-refractivity contribution >= 4 is 34.5 Å². The van der Waals surface area contributed by atoms with Crippen LogP contribution >= 0.6 is 0 Å². The smallest absolute Gasteiger partial charge is 0.333 e. The van der Waals surface area contributed by atoms with Crippen molar-refractivity contribution in [1.29, 1.82) is 0 Å². The Morgan fingerprint density at radius 1 is 0.867 bits per heavy atom. The van der Waals surface area contributed by atoms with Crippen LogP contribution in [0.4, 0.5) is 0 Å². The second-order valence-electron chi connectivity index (χ2n) is 7.10. The van der Waals surface area contributed by atoms with Gasteiger partial charge in [0.05, 0.1) is 0 Å². The van der Waals surface area contributed by atoms with Gasteiger partial charge in [-0.2, -0.15) is 0 Å². The summed E-state index contributed by atoms with van der Waals surface area (Å²) in [6, 6.07) is 9.34. The molecule has 2 aromatic rings. The predicted octanol–water partition coefficient (Wildman–Crippen LogP) is 3.04. The Morgan fingerprint density at radius 2 is 1.30 bits per heavy atom. The van der Waals surface area contributed by atoms with Gasteiger partial charge < -0.3 is 9.47 Å². The highest BCUT2D eigenvalue weighted by molar-refractivity contribution is 6.25. The van der Waals surface area contributed by atoms with Gasteiger partial charge in [-0.15, -0.1) is 0 Å². The molecular formula is C23H21NO6. The van der Waals surface area contributed by atoms with Gasteiger partial charge in [-0.1, -0.05) is 37.4 Å². The number of nitrogens with zero attached hydrogens (tertiary/aromatic N) is 1. The van der Waals surface area contributed by atoms with Crippen LogP contribution in [0.1, 0.15) is 34.6 Å². The van der Waals surface area contributed by atoms with E-state index in [4.69, 9.17) is 9.47 Å². The van der Waals surface area contributed by atoms with Gasteiger partial charge in [-0.05, 0) is 31.4 Å².